The van der Waals surface area contributed by atoms with E-state index in [1.807, 2.05) is 0 Å². The molecule has 1 unspecified atom stereocenters. The maximum absolute atomic E-state index is 11.8. The summed E-state index contributed by atoms with van der Waals surface area (Å²) < 4.78 is 25.1. The third kappa shape index (κ3) is 3.87. The van der Waals surface area contributed by atoms with Crippen molar-refractivity contribution in [2.75, 3.05) is 38.8 Å². The maximum Gasteiger partial charge on any atom is 0.213 e. The molecule has 0 aromatic rings. The van der Waals surface area contributed by atoms with Crippen molar-refractivity contribution in [3.8, 4) is 0 Å². The van der Waals surface area contributed by atoms with E-state index >= 15 is 0 Å². The van der Waals surface area contributed by atoms with Crippen LogP contribution >= 0.6 is 11.6 Å². The molecule has 1 atom stereocenters. The molecule has 16 heavy (non-hydrogen) atoms. The topological polar surface area (TPSA) is 40.6 Å². The Hall–Kier alpha value is 0.160. The third-order valence-corrected chi connectivity index (χ3v) is 5.32. The molecule has 1 saturated heterocycles. The Morgan fingerprint density at radius 2 is 2.19 bits per heavy atom. The summed E-state index contributed by atoms with van der Waals surface area (Å²) in [6.07, 6.45) is 2.78. The molecule has 0 aromatic heterocycles. The molecular formula is C10H21ClN2O2S. The molecule has 0 saturated carbocycles. The molecule has 1 aliphatic heterocycles. The summed E-state index contributed by atoms with van der Waals surface area (Å²) in [6.45, 7) is 1.67. The average Bonchev–Trinajstić information content (AvgIpc) is 2.61. The van der Waals surface area contributed by atoms with E-state index in [4.69, 9.17) is 11.6 Å². The second-order valence-electron chi connectivity index (χ2n) is 4.42. The third-order valence-electron chi connectivity index (χ3n) is 3.15. The van der Waals surface area contributed by atoms with E-state index in [0.29, 0.717) is 24.9 Å². The fourth-order valence-electron chi connectivity index (χ4n) is 2.01. The zero-order valence-corrected chi connectivity index (χ0v) is 11.6. The van der Waals surface area contributed by atoms with Crippen LogP contribution in [0.2, 0.25) is 0 Å². The number of hydrogen-bond donors (Lipinski definition) is 0. The molecule has 0 N–H and O–H groups in total. The summed E-state index contributed by atoms with van der Waals surface area (Å²) in [7, 11) is 0.604. The molecule has 0 amide bonds. The predicted octanol–water partition coefficient (Wildman–Crippen LogP) is 0.971. The molecule has 0 spiro atoms. The van der Waals surface area contributed by atoms with E-state index in [1.54, 1.807) is 7.05 Å². The van der Waals surface area contributed by atoms with Gasteiger partial charge in [-0.1, -0.05) is 0 Å². The zero-order valence-electron chi connectivity index (χ0n) is 10.0. The molecular weight excluding hydrogens is 248 g/mol. The van der Waals surface area contributed by atoms with Gasteiger partial charge in [0.05, 0.1) is 5.75 Å². The van der Waals surface area contributed by atoms with Gasteiger partial charge >= 0.3 is 0 Å². The van der Waals surface area contributed by atoms with Crippen molar-refractivity contribution in [3.05, 3.63) is 0 Å². The zero-order chi connectivity index (χ0) is 12.2. The highest BCUT2D eigenvalue weighted by molar-refractivity contribution is 7.89. The minimum absolute atomic E-state index is 0.156. The summed E-state index contributed by atoms with van der Waals surface area (Å²) in [5.74, 6) is 0.555. The smallest absolute Gasteiger partial charge is 0.213 e. The molecule has 0 aromatic carbocycles. The lowest BCUT2D eigenvalue weighted by Gasteiger charge is -2.25. The highest BCUT2D eigenvalue weighted by atomic mass is 35.5. The summed E-state index contributed by atoms with van der Waals surface area (Å²) in [6, 6.07) is 0.371. The van der Waals surface area contributed by atoms with Crippen molar-refractivity contribution >= 4 is 21.6 Å². The monoisotopic (exact) mass is 268 g/mol. The van der Waals surface area contributed by atoms with E-state index < -0.39 is 10.0 Å². The molecule has 96 valence electrons. The van der Waals surface area contributed by atoms with Gasteiger partial charge in [0.1, 0.15) is 0 Å². The van der Waals surface area contributed by atoms with E-state index in [0.717, 1.165) is 19.4 Å². The van der Waals surface area contributed by atoms with E-state index in [1.165, 1.54) is 4.31 Å². The van der Waals surface area contributed by atoms with Crippen molar-refractivity contribution in [3.63, 3.8) is 0 Å². The second-order valence-corrected chi connectivity index (χ2v) is 6.99. The van der Waals surface area contributed by atoms with Crippen LogP contribution in [0.5, 0.6) is 0 Å². The van der Waals surface area contributed by atoms with E-state index in [-0.39, 0.29) is 5.75 Å². The second kappa shape index (κ2) is 6.19. The quantitative estimate of drug-likeness (QED) is 0.674. The molecule has 1 fully saturated rings. The Labute approximate surface area is 104 Å². The van der Waals surface area contributed by atoms with Gasteiger partial charge in [0.25, 0.3) is 0 Å². The van der Waals surface area contributed by atoms with Gasteiger partial charge in [-0.3, -0.25) is 0 Å². The van der Waals surface area contributed by atoms with Gasteiger partial charge in [-0.05, 0) is 32.9 Å². The first-order valence-electron chi connectivity index (χ1n) is 5.67. The number of likely N-dealkylation sites (tertiary alicyclic amines) is 1. The summed E-state index contributed by atoms with van der Waals surface area (Å²) in [5.41, 5.74) is 0. The van der Waals surface area contributed by atoms with E-state index in [2.05, 4.69) is 11.9 Å². The number of alkyl halides is 1. The average molecular weight is 269 g/mol. The first kappa shape index (κ1) is 14.2. The minimum Gasteiger partial charge on any atom is -0.302 e. The van der Waals surface area contributed by atoms with Gasteiger partial charge in [0.15, 0.2) is 0 Å². The van der Waals surface area contributed by atoms with Crippen LogP contribution in [0, 0.1) is 0 Å². The first-order chi connectivity index (χ1) is 7.47. The van der Waals surface area contributed by atoms with Crippen molar-refractivity contribution < 1.29 is 8.42 Å². The predicted molar refractivity (Wildman–Crippen MR) is 67.4 cm³/mol. The molecule has 1 heterocycles. The van der Waals surface area contributed by atoms with Gasteiger partial charge < -0.3 is 4.90 Å². The lowest BCUT2D eigenvalue weighted by Crippen LogP contribution is -2.40. The van der Waals surface area contributed by atoms with Crippen molar-refractivity contribution in [2.45, 2.75) is 25.3 Å². The minimum atomic E-state index is -3.11. The van der Waals surface area contributed by atoms with Crippen LogP contribution in [-0.2, 0) is 10.0 Å². The van der Waals surface area contributed by atoms with Gasteiger partial charge in [0, 0.05) is 25.5 Å². The number of rotatable bonds is 6. The lowest BCUT2D eigenvalue weighted by atomic mass is 10.2. The van der Waals surface area contributed by atoms with Crippen LogP contribution in [0.25, 0.3) is 0 Å². The fraction of sp³-hybridized carbons (Fsp3) is 1.00. The number of sulfonamides is 1. The lowest BCUT2D eigenvalue weighted by molar-refractivity contribution is 0.271. The highest BCUT2D eigenvalue weighted by Gasteiger charge is 2.26. The standard InChI is InChI=1S/C10H21ClN2O2S/c1-12-7-3-5-10(12)9-13(2)16(14,15)8-4-6-11/h10H,3-9H2,1-2H3. The fourth-order valence-corrected chi connectivity index (χ4v) is 3.53. The Morgan fingerprint density at radius 1 is 1.50 bits per heavy atom. The molecule has 0 aliphatic carbocycles. The van der Waals surface area contributed by atoms with Crippen molar-refractivity contribution in [2.24, 2.45) is 0 Å². The first-order valence-corrected chi connectivity index (χ1v) is 7.82. The Morgan fingerprint density at radius 3 is 2.69 bits per heavy atom. The molecule has 0 radical (unpaired) electrons. The molecule has 6 heteroatoms. The van der Waals surface area contributed by atoms with Crippen molar-refractivity contribution in [1.29, 1.82) is 0 Å². The number of likely N-dealkylation sites (N-methyl/N-ethyl adjacent to an activating group) is 2. The normalized spacial score (nSPS) is 23.1. The van der Waals surface area contributed by atoms with Gasteiger partial charge in [-0.2, -0.15) is 0 Å². The van der Waals surface area contributed by atoms with Crippen molar-refractivity contribution in [1.82, 2.24) is 9.21 Å². The van der Waals surface area contributed by atoms with E-state index in [9.17, 15) is 8.42 Å². The Balaban J connectivity index is 2.47. The Bertz CT molecular complexity index is 308. The number of nitrogens with zero attached hydrogens (tertiary/aromatic N) is 2. The molecule has 4 nitrogen and oxygen atoms in total. The van der Waals surface area contributed by atoms with Gasteiger partial charge in [0.2, 0.25) is 10.0 Å². The SMILES string of the molecule is CN1CCCC1CN(C)S(=O)(=O)CCCCl. The Kier molecular flexibility index (Phi) is 5.50. The van der Waals surface area contributed by atoms with Crippen LogP contribution < -0.4 is 0 Å². The van der Waals surface area contributed by atoms with Crippen LogP contribution in [0.15, 0.2) is 0 Å². The van der Waals surface area contributed by atoms with Gasteiger partial charge in [-0.15, -0.1) is 11.6 Å². The molecule has 1 rings (SSSR count). The van der Waals surface area contributed by atoms with Crippen LogP contribution in [0.4, 0.5) is 0 Å². The number of hydrogen-bond acceptors (Lipinski definition) is 3. The largest absolute Gasteiger partial charge is 0.302 e. The van der Waals surface area contributed by atoms with Crippen LogP contribution in [0.3, 0.4) is 0 Å². The summed E-state index contributed by atoms with van der Waals surface area (Å²) in [4.78, 5) is 2.23. The van der Waals surface area contributed by atoms with Crippen LogP contribution in [-0.4, -0.2) is 62.5 Å². The molecule has 0 bridgehead atoms. The summed E-state index contributed by atoms with van der Waals surface area (Å²) >= 11 is 5.51. The number of halogens is 1. The maximum atomic E-state index is 11.8. The molecule has 1 aliphatic rings. The summed E-state index contributed by atoms with van der Waals surface area (Å²) in [5, 5.41) is 0. The highest BCUT2D eigenvalue weighted by Crippen LogP contribution is 2.16. The van der Waals surface area contributed by atoms with Crippen LogP contribution in [0.1, 0.15) is 19.3 Å². The van der Waals surface area contributed by atoms with Gasteiger partial charge in [-0.25, -0.2) is 12.7 Å².